The van der Waals surface area contributed by atoms with Gasteiger partial charge in [-0.1, -0.05) is 23.2 Å². The summed E-state index contributed by atoms with van der Waals surface area (Å²) < 4.78 is 37.9. The van der Waals surface area contributed by atoms with Gasteiger partial charge in [-0.3, -0.25) is 0 Å². The van der Waals surface area contributed by atoms with Gasteiger partial charge in [-0.05, 0) is 30.5 Å². The highest BCUT2D eigenvalue weighted by atomic mass is 35.5. The maximum absolute atomic E-state index is 12.6. The van der Waals surface area contributed by atoms with Crippen molar-refractivity contribution >= 4 is 28.9 Å². The van der Waals surface area contributed by atoms with E-state index in [0.717, 1.165) is 12.1 Å². The average molecular weight is 339 g/mol. The quantitative estimate of drug-likeness (QED) is 0.860. The number of hydrazone groups is 1. The first-order chi connectivity index (χ1) is 9.77. The van der Waals surface area contributed by atoms with Crippen molar-refractivity contribution in [1.82, 2.24) is 5.43 Å². The predicted molar refractivity (Wildman–Crippen MR) is 75.9 cm³/mol. The molecule has 0 aromatic heterocycles. The summed E-state index contributed by atoms with van der Waals surface area (Å²) in [5.41, 5.74) is 2.75. The number of rotatable bonds is 3. The molecule has 0 amide bonds. The van der Waals surface area contributed by atoms with Crippen LogP contribution in [0.3, 0.4) is 0 Å². The Bertz CT molecular complexity index is 589. The third-order valence-corrected chi connectivity index (χ3v) is 3.59. The van der Waals surface area contributed by atoms with Gasteiger partial charge in [0.1, 0.15) is 5.76 Å². The van der Waals surface area contributed by atoms with Crippen LogP contribution >= 0.6 is 23.2 Å². The van der Waals surface area contributed by atoms with Gasteiger partial charge in [0.05, 0.1) is 17.8 Å². The Labute approximate surface area is 129 Å². The zero-order valence-corrected chi connectivity index (χ0v) is 12.1. The molecule has 0 spiro atoms. The van der Waals surface area contributed by atoms with E-state index in [1.54, 1.807) is 0 Å². The fourth-order valence-electron chi connectivity index (χ4n) is 1.88. The van der Waals surface area contributed by atoms with E-state index in [-0.39, 0.29) is 22.3 Å². The molecule has 2 rings (SSSR count). The standard InChI is InChI=1S/C13H11Cl2F3N2O/c14-11-3-7(13(16,17)18)4-12(15)10(11)2-1-8-5-9(21)6-19-20-8/h3-5,19,21H,1-2,6H2. The molecule has 1 heterocycles. The molecular weight excluding hydrogens is 328 g/mol. The Morgan fingerprint density at radius 3 is 2.33 bits per heavy atom. The molecule has 3 nitrogen and oxygen atoms in total. The monoisotopic (exact) mass is 338 g/mol. The fraction of sp³-hybridized carbons (Fsp3) is 0.308. The van der Waals surface area contributed by atoms with Crippen molar-refractivity contribution in [2.45, 2.75) is 19.0 Å². The molecule has 0 atom stereocenters. The van der Waals surface area contributed by atoms with Gasteiger partial charge in [0.25, 0.3) is 0 Å². The van der Waals surface area contributed by atoms with E-state index in [1.807, 2.05) is 0 Å². The Balaban J connectivity index is 2.16. The van der Waals surface area contributed by atoms with Gasteiger partial charge in [0.2, 0.25) is 0 Å². The lowest BCUT2D eigenvalue weighted by Gasteiger charge is -2.13. The number of benzene rings is 1. The van der Waals surface area contributed by atoms with Crippen LogP contribution in [0.25, 0.3) is 0 Å². The van der Waals surface area contributed by atoms with E-state index in [9.17, 15) is 18.3 Å². The zero-order chi connectivity index (χ0) is 15.6. The first-order valence-electron chi connectivity index (χ1n) is 6.01. The van der Waals surface area contributed by atoms with Crippen molar-refractivity contribution in [3.05, 3.63) is 45.1 Å². The minimum atomic E-state index is -4.49. The molecule has 0 bridgehead atoms. The van der Waals surface area contributed by atoms with Crippen LogP contribution in [-0.4, -0.2) is 17.4 Å². The summed E-state index contributed by atoms with van der Waals surface area (Å²) in [4.78, 5) is 0. The number of aliphatic hydroxyl groups excluding tert-OH is 1. The van der Waals surface area contributed by atoms with E-state index in [0.29, 0.717) is 24.1 Å². The highest BCUT2D eigenvalue weighted by molar-refractivity contribution is 6.36. The Hall–Kier alpha value is -1.40. The summed E-state index contributed by atoms with van der Waals surface area (Å²) in [6, 6.07) is 1.72. The van der Waals surface area contributed by atoms with Crippen molar-refractivity contribution in [3.8, 4) is 0 Å². The van der Waals surface area contributed by atoms with Crippen molar-refractivity contribution in [3.63, 3.8) is 0 Å². The molecule has 21 heavy (non-hydrogen) atoms. The first kappa shape index (κ1) is 16.0. The smallest absolute Gasteiger partial charge is 0.416 e. The van der Waals surface area contributed by atoms with E-state index in [4.69, 9.17) is 23.2 Å². The normalized spacial score (nSPS) is 15.3. The lowest BCUT2D eigenvalue weighted by Crippen LogP contribution is -2.19. The largest absolute Gasteiger partial charge is 0.510 e. The highest BCUT2D eigenvalue weighted by Gasteiger charge is 2.31. The number of nitrogens with zero attached hydrogens (tertiary/aromatic N) is 1. The first-order valence-corrected chi connectivity index (χ1v) is 6.77. The van der Waals surface area contributed by atoms with Crippen LogP contribution in [0.2, 0.25) is 10.0 Å². The van der Waals surface area contributed by atoms with E-state index >= 15 is 0 Å². The number of hydrogen-bond donors (Lipinski definition) is 2. The van der Waals surface area contributed by atoms with Gasteiger partial charge < -0.3 is 10.5 Å². The summed E-state index contributed by atoms with van der Waals surface area (Å²) in [6.07, 6.45) is -2.28. The molecule has 0 saturated carbocycles. The predicted octanol–water partition coefficient (Wildman–Crippen LogP) is 4.35. The Kier molecular flexibility index (Phi) is 4.68. The van der Waals surface area contributed by atoms with Crippen molar-refractivity contribution in [2.24, 2.45) is 5.10 Å². The molecule has 114 valence electrons. The topological polar surface area (TPSA) is 44.6 Å². The van der Waals surface area contributed by atoms with Gasteiger partial charge in [-0.15, -0.1) is 0 Å². The number of allylic oxidation sites excluding steroid dienone is 1. The Morgan fingerprint density at radius 2 is 1.81 bits per heavy atom. The fourth-order valence-corrected chi connectivity index (χ4v) is 2.56. The summed E-state index contributed by atoms with van der Waals surface area (Å²) >= 11 is 11.8. The maximum atomic E-state index is 12.6. The molecule has 0 aliphatic carbocycles. The summed E-state index contributed by atoms with van der Waals surface area (Å²) in [5.74, 6) is 0.143. The third-order valence-electron chi connectivity index (χ3n) is 2.92. The molecule has 8 heteroatoms. The van der Waals surface area contributed by atoms with Gasteiger partial charge >= 0.3 is 6.18 Å². The molecule has 0 radical (unpaired) electrons. The second-order valence-electron chi connectivity index (χ2n) is 4.49. The molecule has 1 aromatic rings. The molecule has 1 aliphatic rings. The average Bonchev–Trinajstić information content (AvgIpc) is 2.36. The summed E-state index contributed by atoms with van der Waals surface area (Å²) in [7, 11) is 0. The minimum Gasteiger partial charge on any atom is -0.510 e. The zero-order valence-electron chi connectivity index (χ0n) is 10.6. The summed E-state index contributed by atoms with van der Waals surface area (Å²) in [6.45, 7) is 0.255. The van der Waals surface area contributed by atoms with Crippen LogP contribution < -0.4 is 5.43 Å². The van der Waals surface area contributed by atoms with Crippen LogP contribution in [-0.2, 0) is 12.6 Å². The number of hydrogen-bond acceptors (Lipinski definition) is 3. The molecule has 1 aliphatic heterocycles. The van der Waals surface area contributed by atoms with Gasteiger partial charge in [-0.2, -0.15) is 18.3 Å². The molecule has 0 unspecified atom stereocenters. The van der Waals surface area contributed by atoms with Crippen LogP contribution in [0, 0.1) is 0 Å². The number of nitrogens with one attached hydrogen (secondary N) is 1. The van der Waals surface area contributed by atoms with Crippen LogP contribution in [0.5, 0.6) is 0 Å². The molecule has 0 saturated heterocycles. The SMILES string of the molecule is OC1=CC(CCc2c(Cl)cc(C(F)(F)F)cc2Cl)=NNC1. The lowest BCUT2D eigenvalue weighted by molar-refractivity contribution is -0.137. The van der Waals surface area contributed by atoms with Crippen molar-refractivity contribution < 1.29 is 18.3 Å². The lowest BCUT2D eigenvalue weighted by atomic mass is 10.0. The number of aliphatic hydroxyl groups is 1. The number of alkyl halides is 3. The van der Waals surface area contributed by atoms with Crippen molar-refractivity contribution in [2.75, 3.05) is 6.54 Å². The number of halogens is 5. The van der Waals surface area contributed by atoms with Gasteiger partial charge in [0.15, 0.2) is 0 Å². The minimum absolute atomic E-state index is 0.0348. The van der Waals surface area contributed by atoms with Crippen LogP contribution in [0.4, 0.5) is 13.2 Å². The third kappa shape index (κ3) is 4.04. The molecule has 2 N–H and O–H groups in total. The Morgan fingerprint density at radius 1 is 1.19 bits per heavy atom. The van der Waals surface area contributed by atoms with Gasteiger partial charge in [-0.25, -0.2) is 0 Å². The molecule has 1 aromatic carbocycles. The van der Waals surface area contributed by atoms with Gasteiger partial charge in [0, 0.05) is 16.1 Å². The van der Waals surface area contributed by atoms with E-state index in [1.165, 1.54) is 6.08 Å². The van der Waals surface area contributed by atoms with Crippen LogP contribution in [0.15, 0.2) is 29.1 Å². The maximum Gasteiger partial charge on any atom is 0.416 e. The summed E-state index contributed by atoms with van der Waals surface area (Å²) in [5, 5.41) is 13.3. The van der Waals surface area contributed by atoms with Crippen molar-refractivity contribution in [1.29, 1.82) is 0 Å². The van der Waals surface area contributed by atoms with E-state index < -0.39 is 11.7 Å². The second-order valence-corrected chi connectivity index (χ2v) is 5.30. The molecular formula is C13H11Cl2F3N2O. The highest BCUT2D eigenvalue weighted by Crippen LogP contribution is 2.36. The molecule has 0 fully saturated rings. The van der Waals surface area contributed by atoms with E-state index in [2.05, 4.69) is 10.5 Å². The van der Waals surface area contributed by atoms with Crippen LogP contribution in [0.1, 0.15) is 17.5 Å². The second kappa shape index (κ2) is 6.15.